The van der Waals surface area contributed by atoms with Crippen molar-refractivity contribution >= 4 is 53.0 Å². The highest BCUT2D eigenvalue weighted by Gasteiger charge is 2.24. The number of hydrogen-bond donors (Lipinski definition) is 4. The number of guanidine groups is 4. The zero-order valence-corrected chi connectivity index (χ0v) is 24.4. The van der Waals surface area contributed by atoms with Gasteiger partial charge in [-0.2, -0.15) is 20.1 Å². The van der Waals surface area contributed by atoms with E-state index in [4.69, 9.17) is 32.6 Å². The smallest absolute Gasteiger partial charge is 0.226 e. The van der Waals surface area contributed by atoms with Gasteiger partial charge in [-0.15, -0.1) is 17.0 Å². The highest BCUT2D eigenvalue weighted by Crippen LogP contribution is 2.15. The van der Waals surface area contributed by atoms with Crippen molar-refractivity contribution in [2.45, 2.75) is 38.0 Å². The van der Waals surface area contributed by atoms with Crippen molar-refractivity contribution < 1.29 is 9.68 Å². The van der Waals surface area contributed by atoms with Gasteiger partial charge in [0.1, 0.15) is 0 Å². The summed E-state index contributed by atoms with van der Waals surface area (Å²) in [5.74, 6) is 0.573. The predicted octanol–water partition coefficient (Wildman–Crippen LogP) is 2.96. The van der Waals surface area contributed by atoms with Crippen molar-refractivity contribution in [1.82, 2.24) is 10.1 Å². The number of hydroxylamine groups is 4. The largest absolute Gasteiger partial charge is 0.368 e. The van der Waals surface area contributed by atoms with E-state index in [1.54, 1.807) is 0 Å². The molecule has 0 radical (unpaired) electrons. The van der Waals surface area contributed by atoms with Crippen molar-refractivity contribution in [3.8, 4) is 0 Å². The Morgan fingerprint density at radius 3 is 1.39 bits per heavy atom. The zero-order valence-electron chi connectivity index (χ0n) is 22.7. The van der Waals surface area contributed by atoms with Gasteiger partial charge in [0.25, 0.3) is 0 Å². The van der Waals surface area contributed by atoms with Gasteiger partial charge < -0.3 is 22.9 Å². The Labute approximate surface area is 250 Å². The Balaban J connectivity index is 0.00000462. The molecule has 0 saturated heterocycles. The highest BCUT2D eigenvalue weighted by atomic mass is 79.9. The summed E-state index contributed by atoms with van der Waals surface area (Å²) in [7, 11) is 0. The Hall–Kier alpha value is -4.20. The second kappa shape index (κ2) is 16.2. The average molecular weight is 626 g/mol. The van der Waals surface area contributed by atoms with E-state index in [1.807, 2.05) is 85.0 Å². The Bertz CT molecular complexity index is 1180. The lowest BCUT2D eigenvalue weighted by Crippen LogP contribution is -2.47. The molecule has 8 N–H and O–H groups in total. The van der Waals surface area contributed by atoms with Crippen LogP contribution in [0.5, 0.6) is 0 Å². The van der Waals surface area contributed by atoms with E-state index in [0.29, 0.717) is 13.2 Å². The van der Waals surface area contributed by atoms with E-state index in [1.165, 1.54) is 10.1 Å². The SMILES string of the molecule is Br.NC1=NC(C=Cc2ccccc2)N(OCCCCCCON2C(N)=NC(N)=NC2C=Cc2ccccc2)C(N)=N1. The Kier molecular flexibility index (Phi) is 12.3. The number of halogens is 1. The molecule has 0 fully saturated rings. The van der Waals surface area contributed by atoms with Crippen LogP contribution in [-0.4, -0.2) is 59.5 Å². The maximum atomic E-state index is 6.06. The van der Waals surface area contributed by atoms with Gasteiger partial charge in [-0.1, -0.05) is 85.7 Å². The molecule has 41 heavy (non-hydrogen) atoms. The molecule has 2 aromatic rings. The van der Waals surface area contributed by atoms with Crippen LogP contribution in [0.4, 0.5) is 0 Å². The number of nitrogens with two attached hydrogens (primary N) is 4. The van der Waals surface area contributed by atoms with Gasteiger partial charge in [-0.25, -0.2) is 9.98 Å². The number of aliphatic imine (C=N–C) groups is 4. The molecule has 0 aliphatic carbocycles. The predicted molar refractivity (Wildman–Crippen MR) is 169 cm³/mol. The summed E-state index contributed by atoms with van der Waals surface area (Å²) in [4.78, 5) is 28.5. The van der Waals surface area contributed by atoms with Crippen LogP contribution >= 0.6 is 17.0 Å². The van der Waals surface area contributed by atoms with Crippen LogP contribution in [0.25, 0.3) is 12.2 Å². The number of unbranched alkanes of at least 4 members (excludes halogenated alkanes) is 3. The fraction of sp³-hybridized carbons (Fsp3) is 0.286. The van der Waals surface area contributed by atoms with Crippen LogP contribution in [-0.2, 0) is 9.68 Å². The molecule has 0 aromatic heterocycles. The third kappa shape index (κ3) is 9.74. The topological polar surface area (TPSA) is 178 Å². The molecule has 12 nitrogen and oxygen atoms in total. The lowest BCUT2D eigenvalue weighted by Gasteiger charge is -2.29. The van der Waals surface area contributed by atoms with E-state index >= 15 is 0 Å². The number of benzene rings is 2. The van der Waals surface area contributed by atoms with Crippen molar-refractivity contribution in [1.29, 1.82) is 0 Å². The van der Waals surface area contributed by atoms with Crippen molar-refractivity contribution in [2.75, 3.05) is 13.2 Å². The molecule has 0 spiro atoms. The number of rotatable bonds is 13. The summed E-state index contributed by atoms with van der Waals surface area (Å²) in [5, 5.41) is 2.96. The van der Waals surface area contributed by atoms with Gasteiger partial charge in [0.15, 0.2) is 12.3 Å². The average Bonchev–Trinajstić information content (AvgIpc) is 2.95. The second-order valence-electron chi connectivity index (χ2n) is 9.01. The quantitative estimate of drug-likeness (QED) is 0.246. The molecule has 0 amide bonds. The summed E-state index contributed by atoms with van der Waals surface area (Å²) in [5.41, 5.74) is 25.8. The summed E-state index contributed by atoms with van der Waals surface area (Å²) in [6, 6.07) is 19.8. The first-order valence-corrected chi connectivity index (χ1v) is 13.2. The van der Waals surface area contributed by atoms with Gasteiger partial charge in [0.2, 0.25) is 23.8 Å². The third-order valence-corrected chi connectivity index (χ3v) is 5.94. The molecule has 2 aliphatic rings. The molecule has 13 heteroatoms. The monoisotopic (exact) mass is 624 g/mol. The number of hydrogen-bond acceptors (Lipinski definition) is 12. The first-order valence-electron chi connectivity index (χ1n) is 13.2. The van der Waals surface area contributed by atoms with Gasteiger partial charge in [0.05, 0.1) is 13.2 Å². The van der Waals surface area contributed by atoms with E-state index < -0.39 is 12.3 Å². The molecule has 2 heterocycles. The van der Waals surface area contributed by atoms with Crippen molar-refractivity contribution in [3.63, 3.8) is 0 Å². The molecular formula is C28H37BrN10O2. The minimum Gasteiger partial charge on any atom is -0.368 e. The van der Waals surface area contributed by atoms with Crippen LogP contribution in [0.15, 0.2) is 92.8 Å². The zero-order chi connectivity index (χ0) is 28.2. The highest BCUT2D eigenvalue weighted by molar-refractivity contribution is 8.93. The molecule has 0 bridgehead atoms. The van der Waals surface area contributed by atoms with Crippen molar-refractivity contribution in [3.05, 3.63) is 83.9 Å². The molecule has 218 valence electrons. The minimum absolute atomic E-state index is 0. The van der Waals surface area contributed by atoms with Gasteiger partial charge in [-0.05, 0) is 36.1 Å². The second-order valence-corrected chi connectivity index (χ2v) is 9.01. The molecule has 2 aromatic carbocycles. The molecular weight excluding hydrogens is 588 g/mol. The van der Waals surface area contributed by atoms with Gasteiger partial charge in [-0.3, -0.25) is 9.68 Å². The first kappa shape index (κ1) is 31.3. The van der Waals surface area contributed by atoms with Crippen LogP contribution < -0.4 is 22.9 Å². The van der Waals surface area contributed by atoms with Crippen LogP contribution in [0.3, 0.4) is 0 Å². The van der Waals surface area contributed by atoms with E-state index in [2.05, 4.69) is 20.0 Å². The summed E-state index contributed by atoms with van der Waals surface area (Å²) >= 11 is 0. The molecule has 2 aliphatic heterocycles. The minimum atomic E-state index is -0.497. The lowest BCUT2D eigenvalue weighted by atomic mass is 10.2. The normalized spacial score (nSPS) is 19.0. The van der Waals surface area contributed by atoms with Crippen LogP contribution in [0.1, 0.15) is 36.8 Å². The van der Waals surface area contributed by atoms with E-state index in [0.717, 1.165) is 36.8 Å². The summed E-state index contributed by atoms with van der Waals surface area (Å²) in [6.07, 6.45) is 10.1. The maximum Gasteiger partial charge on any atom is 0.226 e. The van der Waals surface area contributed by atoms with Crippen molar-refractivity contribution in [2.24, 2.45) is 42.9 Å². The number of nitrogens with zero attached hydrogens (tertiary/aromatic N) is 6. The first-order chi connectivity index (χ1) is 19.5. The third-order valence-electron chi connectivity index (χ3n) is 5.94. The maximum absolute atomic E-state index is 6.06. The fourth-order valence-corrected chi connectivity index (χ4v) is 3.97. The van der Waals surface area contributed by atoms with Crippen LogP contribution in [0, 0.1) is 0 Å². The molecule has 0 saturated carbocycles. The Morgan fingerprint density at radius 1 is 0.610 bits per heavy atom. The Morgan fingerprint density at radius 2 is 1.00 bits per heavy atom. The molecule has 4 rings (SSSR count). The van der Waals surface area contributed by atoms with E-state index in [9.17, 15) is 0 Å². The van der Waals surface area contributed by atoms with Crippen LogP contribution in [0.2, 0.25) is 0 Å². The standard InChI is InChI=1S/C28H36N10O2.BrH/c29-25-33-23(17-15-21-11-5-3-6-12-21)37(27(31)35-25)39-19-9-1-2-10-20-40-38-24(34-26(30)36-28(38)32)18-16-22-13-7-4-8-14-22;/h3-8,11-18,23-24H,1-2,9-10,19-20H2,(H4,29,31,33,35)(H4,30,32,34,36);1H. The lowest BCUT2D eigenvalue weighted by molar-refractivity contribution is -0.121. The fourth-order valence-electron chi connectivity index (χ4n) is 3.97. The molecule has 2 unspecified atom stereocenters. The van der Waals surface area contributed by atoms with Gasteiger partial charge >= 0.3 is 0 Å². The van der Waals surface area contributed by atoms with E-state index in [-0.39, 0.29) is 40.8 Å². The summed E-state index contributed by atoms with van der Waals surface area (Å²) < 4.78 is 0. The summed E-state index contributed by atoms with van der Waals surface area (Å²) in [6.45, 7) is 0.905. The molecule has 2 atom stereocenters. The van der Waals surface area contributed by atoms with Gasteiger partial charge in [0, 0.05) is 0 Å².